The van der Waals surface area contributed by atoms with Gasteiger partial charge in [-0.05, 0) is 44.9 Å². The van der Waals surface area contributed by atoms with Crippen LogP contribution in [0.5, 0.6) is 11.5 Å². The van der Waals surface area contributed by atoms with E-state index in [1.165, 1.54) is 6.42 Å². The predicted molar refractivity (Wildman–Crippen MR) is 100 cm³/mol. The van der Waals surface area contributed by atoms with Gasteiger partial charge in [-0.1, -0.05) is 19.3 Å². The Kier molecular flexibility index (Phi) is 5.82. The maximum absolute atomic E-state index is 12.5. The first-order valence-corrected chi connectivity index (χ1v) is 9.49. The van der Waals surface area contributed by atoms with Crippen LogP contribution >= 0.6 is 0 Å². The summed E-state index contributed by atoms with van der Waals surface area (Å²) in [5.74, 6) is 1.18. The number of fused-ring (bicyclic) bond motifs is 1. The topological polar surface area (TPSA) is 71.3 Å². The van der Waals surface area contributed by atoms with E-state index in [0.29, 0.717) is 17.9 Å². The Bertz CT molecular complexity index is 742. The van der Waals surface area contributed by atoms with Crippen LogP contribution in [0.4, 0.5) is 0 Å². The molecule has 1 atom stereocenters. The lowest BCUT2D eigenvalue weighted by molar-refractivity contribution is -0.117. The van der Waals surface area contributed by atoms with Gasteiger partial charge in [-0.15, -0.1) is 0 Å². The summed E-state index contributed by atoms with van der Waals surface area (Å²) >= 11 is 0. The molecule has 0 unspecified atom stereocenters. The summed E-state index contributed by atoms with van der Waals surface area (Å²) in [7, 11) is 0. The predicted octanol–water partition coefficient (Wildman–Crippen LogP) is 3.76. The highest BCUT2D eigenvalue weighted by Crippen LogP contribution is 2.36. The van der Waals surface area contributed by atoms with E-state index in [2.05, 4.69) is 5.32 Å². The van der Waals surface area contributed by atoms with Crippen molar-refractivity contribution in [3.05, 3.63) is 28.8 Å². The number of nitrogens with one attached hydrogen (secondary N) is 1. The van der Waals surface area contributed by atoms with E-state index in [-0.39, 0.29) is 23.6 Å². The number of nitrogens with zero attached hydrogens (tertiary/aromatic N) is 1. The van der Waals surface area contributed by atoms with E-state index in [1.807, 2.05) is 32.0 Å². The first-order valence-electron chi connectivity index (χ1n) is 9.49. The van der Waals surface area contributed by atoms with E-state index >= 15 is 0 Å². The summed E-state index contributed by atoms with van der Waals surface area (Å²) in [4.78, 5) is 12.5. The molecule has 1 aromatic rings. The molecule has 5 nitrogen and oxygen atoms in total. The summed E-state index contributed by atoms with van der Waals surface area (Å²) in [5, 5.41) is 12.5. The Morgan fingerprint density at radius 3 is 2.85 bits per heavy atom. The molecule has 0 spiro atoms. The zero-order chi connectivity index (χ0) is 18.5. The minimum Gasteiger partial charge on any atom is -0.493 e. The first-order chi connectivity index (χ1) is 12.6. The smallest absolute Gasteiger partial charge is 0.262 e. The fourth-order valence-electron chi connectivity index (χ4n) is 3.66. The lowest BCUT2D eigenvalue weighted by Crippen LogP contribution is -2.36. The fraction of sp³-hybridized carbons (Fsp3) is 0.524. The van der Waals surface area contributed by atoms with Crippen molar-refractivity contribution in [3.63, 3.8) is 0 Å². The molecule has 5 heteroatoms. The van der Waals surface area contributed by atoms with E-state index in [9.17, 15) is 10.1 Å². The molecule has 1 amide bonds. The zero-order valence-corrected chi connectivity index (χ0v) is 15.5. The molecular weight excluding hydrogens is 328 g/mol. The molecule has 0 bridgehead atoms. The van der Waals surface area contributed by atoms with Crippen molar-refractivity contribution in [1.29, 1.82) is 5.26 Å². The molecule has 1 aromatic carbocycles. The number of carbonyl (C=O) groups is 1. The molecule has 3 rings (SSSR count). The fourth-order valence-corrected chi connectivity index (χ4v) is 3.66. The van der Waals surface area contributed by atoms with E-state index in [4.69, 9.17) is 9.47 Å². The average Bonchev–Trinajstić information content (AvgIpc) is 2.99. The van der Waals surface area contributed by atoms with Gasteiger partial charge in [-0.25, -0.2) is 0 Å². The third-order valence-corrected chi connectivity index (χ3v) is 4.93. The summed E-state index contributed by atoms with van der Waals surface area (Å²) < 4.78 is 11.5. The van der Waals surface area contributed by atoms with Crippen molar-refractivity contribution in [1.82, 2.24) is 5.32 Å². The Labute approximate surface area is 155 Å². The van der Waals surface area contributed by atoms with E-state index in [0.717, 1.165) is 43.4 Å². The number of rotatable bonds is 5. The first kappa shape index (κ1) is 18.3. The largest absolute Gasteiger partial charge is 0.493 e. The molecule has 26 heavy (non-hydrogen) atoms. The summed E-state index contributed by atoms with van der Waals surface area (Å²) in [6, 6.07) is 6.04. The van der Waals surface area contributed by atoms with Gasteiger partial charge in [0.1, 0.15) is 29.2 Å². The number of benzene rings is 1. The van der Waals surface area contributed by atoms with Crippen LogP contribution in [0.2, 0.25) is 0 Å². The number of ether oxygens (including phenoxy) is 2. The van der Waals surface area contributed by atoms with Gasteiger partial charge < -0.3 is 14.8 Å². The highest BCUT2D eigenvalue weighted by atomic mass is 16.5. The maximum atomic E-state index is 12.5. The average molecular weight is 354 g/mol. The third kappa shape index (κ3) is 4.19. The van der Waals surface area contributed by atoms with Crippen molar-refractivity contribution in [3.8, 4) is 17.6 Å². The molecule has 1 heterocycles. The van der Waals surface area contributed by atoms with E-state index < -0.39 is 0 Å². The van der Waals surface area contributed by atoms with Crippen LogP contribution in [-0.4, -0.2) is 24.7 Å². The number of amides is 1. The number of hydrogen-bond acceptors (Lipinski definition) is 4. The molecule has 138 valence electrons. The summed E-state index contributed by atoms with van der Waals surface area (Å²) in [5.41, 5.74) is 1.90. The van der Waals surface area contributed by atoms with Gasteiger partial charge in [0.2, 0.25) is 0 Å². The molecule has 1 aliphatic heterocycles. The highest BCUT2D eigenvalue weighted by Gasteiger charge is 2.23. The lowest BCUT2D eigenvalue weighted by Gasteiger charge is -2.22. The van der Waals surface area contributed by atoms with Gasteiger partial charge >= 0.3 is 0 Å². The Morgan fingerprint density at radius 1 is 1.38 bits per heavy atom. The van der Waals surface area contributed by atoms with Gasteiger partial charge in [-0.3, -0.25) is 4.79 Å². The molecule has 1 N–H and O–H groups in total. The van der Waals surface area contributed by atoms with E-state index in [1.54, 1.807) is 6.08 Å². The molecule has 0 radical (unpaired) electrons. The molecule has 1 aliphatic carbocycles. The van der Waals surface area contributed by atoms with Gasteiger partial charge in [0.05, 0.1) is 6.61 Å². The normalized spacial score (nSPS) is 20.0. The van der Waals surface area contributed by atoms with Crippen LogP contribution in [0.15, 0.2) is 17.7 Å². The minimum absolute atomic E-state index is 0.0996. The van der Waals surface area contributed by atoms with Crippen molar-refractivity contribution in [2.24, 2.45) is 0 Å². The van der Waals surface area contributed by atoms with Crippen molar-refractivity contribution >= 4 is 12.0 Å². The van der Waals surface area contributed by atoms with Crippen LogP contribution in [0.3, 0.4) is 0 Å². The Morgan fingerprint density at radius 2 is 2.15 bits per heavy atom. The molecule has 1 fully saturated rings. The quantitative estimate of drug-likeness (QED) is 0.645. The number of nitriles is 1. The van der Waals surface area contributed by atoms with Crippen LogP contribution in [0.25, 0.3) is 6.08 Å². The van der Waals surface area contributed by atoms with Crippen molar-refractivity contribution < 1.29 is 14.3 Å². The second-order valence-electron chi connectivity index (χ2n) is 7.04. The zero-order valence-electron chi connectivity index (χ0n) is 15.5. The second-order valence-corrected chi connectivity index (χ2v) is 7.04. The monoisotopic (exact) mass is 354 g/mol. The standard InChI is InChI=1S/C21H26N2O3/c1-3-25-19-11-15-9-14(2)26-20(15)12-16(19)10-17(13-22)21(24)23-18-7-5-4-6-8-18/h10-12,14,18H,3-9H2,1-2H3,(H,23,24)/b17-10+/t14-/m1/s1. The second kappa shape index (κ2) is 8.27. The Hall–Kier alpha value is -2.48. The minimum atomic E-state index is -0.309. The van der Waals surface area contributed by atoms with Gasteiger partial charge in [0.25, 0.3) is 5.91 Å². The Balaban J connectivity index is 1.84. The van der Waals surface area contributed by atoms with Crippen LogP contribution in [0, 0.1) is 11.3 Å². The highest BCUT2D eigenvalue weighted by molar-refractivity contribution is 6.02. The van der Waals surface area contributed by atoms with Crippen molar-refractivity contribution in [2.45, 2.75) is 64.5 Å². The molecule has 2 aliphatic rings. The van der Waals surface area contributed by atoms with Crippen LogP contribution in [-0.2, 0) is 11.2 Å². The van der Waals surface area contributed by atoms with Crippen molar-refractivity contribution in [2.75, 3.05) is 6.61 Å². The molecule has 1 saturated carbocycles. The van der Waals surface area contributed by atoms with Gasteiger partial charge in [0.15, 0.2) is 0 Å². The summed E-state index contributed by atoms with van der Waals surface area (Å²) in [6.07, 6.45) is 8.03. The SMILES string of the molecule is CCOc1cc2c(cc1/C=C(\C#N)C(=O)NC1CCCCC1)O[C@H](C)C2. The lowest BCUT2D eigenvalue weighted by atomic mass is 9.95. The molecule has 0 saturated heterocycles. The third-order valence-electron chi connectivity index (χ3n) is 4.93. The van der Waals surface area contributed by atoms with Gasteiger partial charge in [-0.2, -0.15) is 5.26 Å². The number of carbonyl (C=O) groups excluding carboxylic acids is 1. The number of hydrogen-bond donors (Lipinski definition) is 1. The maximum Gasteiger partial charge on any atom is 0.262 e. The molecule has 0 aromatic heterocycles. The van der Waals surface area contributed by atoms with Crippen LogP contribution in [0.1, 0.15) is 57.1 Å². The van der Waals surface area contributed by atoms with Gasteiger partial charge in [0, 0.05) is 23.6 Å². The van der Waals surface area contributed by atoms with Crippen LogP contribution < -0.4 is 14.8 Å². The molecular formula is C21H26N2O3. The summed E-state index contributed by atoms with van der Waals surface area (Å²) in [6.45, 7) is 4.46.